The lowest BCUT2D eigenvalue weighted by atomic mass is 10.1. The lowest BCUT2D eigenvalue weighted by Gasteiger charge is -2.08. The highest BCUT2D eigenvalue weighted by molar-refractivity contribution is 7.80. The zero-order valence-corrected chi connectivity index (χ0v) is 13.4. The molecule has 0 aliphatic carbocycles. The summed E-state index contributed by atoms with van der Waals surface area (Å²) in [5.41, 5.74) is 7.19. The van der Waals surface area contributed by atoms with Gasteiger partial charge in [-0.25, -0.2) is 0 Å². The van der Waals surface area contributed by atoms with Gasteiger partial charge in [0.1, 0.15) is 0 Å². The molecule has 21 heavy (non-hydrogen) atoms. The molecule has 2 nitrogen and oxygen atoms in total. The molecule has 0 aliphatic heterocycles. The van der Waals surface area contributed by atoms with Crippen LogP contribution in [0.15, 0.2) is 60.7 Å². The highest BCUT2D eigenvalue weighted by Crippen LogP contribution is 2.03. The number of rotatable bonds is 6. The maximum absolute atomic E-state index is 5.36. The van der Waals surface area contributed by atoms with Crippen molar-refractivity contribution in [1.29, 1.82) is 0 Å². The van der Waals surface area contributed by atoms with Crippen molar-refractivity contribution in [1.82, 2.24) is 5.32 Å². The van der Waals surface area contributed by atoms with Crippen molar-refractivity contribution in [3.05, 3.63) is 71.8 Å². The number of benzene rings is 2. The molecule has 112 valence electrons. The monoisotopic (exact) mass is 300 g/mol. The van der Waals surface area contributed by atoms with Gasteiger partial charge in [-0.05, 0) is 31.0 Å². The molecule has 0 unspecified atom stereocenters. The second-order valence-corrected chi connectivity index (χ2v) is 5.06. The molecule has 0 bridgehead atoms. The van der Waals surface area contributed by atoms with Gasteiger partial charge in [-0.2, -0.15) is 0 Å². The van der Waals surface area contributed by atoms with Gasteiger partial charge in [0.15, 0.2) is 0 Å². The summed E-state index contributed by atoms with van der Waals surface area (Å²) in [6, 6.07) is 21.0. The number of nitrogens with two attached hydrogens (primary N) is 1. The third kappa shape index (κ3) is 7.59. The first-order chi connectivity index (χ1) is 10.3. The van der Waals surface area contributed by atoms with Crippen LogP contribution in [0.4, 0.5) is 0 Å². The van der Waals surface area contributed by atoms with E-state index in [4.69, 9.17) is 12.2 Å². The van der Waals surface area contributed by atoms with Crippen LogP contribution in [-0.4, -0.2) is 18.6 Å². The van der Waals surface area contributed by atoms with Gasteiger partial charge in [-0.3, -0.25) is 0 Å². The maximum atomic E-state index is 5.36. The van der Waals surface area contributed by atoms with Gasteiger partial charge >= 0.3 is 0 Å². The maximum Gasteiger partial charge on any atom is 0.0756 e. The summed E-state index contributed by atoms with van der Waals surface area (Å²) in [6.07, 6.45) is 2.96. The van der Waals surface area contributed by atoms with Gasteiger partial charge < -0.3 is 11.1 Å². The van der Waals surface area contributed by atoms with Gasteiger partial charge in [0, 0.05) is 13.0 Å². The van der Waals surface area contributed by atoms with Crippen molar-refractivity contribution < 1.29 is 0 Å². The van der Waals surface area contributed by atoms with Crippen LogP contribution in [0.1, 0.15) is 17.5 Å². The van der Waals surface area contributed by atoms with E-state index in [1.54, 1.807) is 0 Å². The van der Waals surface area contributed by atoms with Crippen molar-refractivity contribution in [2.45, 2.75) is 19.3 Å². The first-order valence-electron chi connectivity index (χ1n) is 7.27. The Balaban J connectivity index is 0.00000106. The van der Waals surface area contributed by atoms with E-state index in [1.165, 1.54) is 18.2 Å². The Labute approximate surface area is 133 Å². The molecule has 0 atom stereocenters. The van der Waals surface area contributed by atoms with E-state index in [9.17, 15) is 0 Å². The third-order valence-corrected chi connectivity index (χ3v) is 3.41. The number of hydrogen-bond donors (Lipinski definition) is 2. The minimum Gasteiger partial charge on any atom is -0.379 e. The van der Waals surface area contributed by atoms with Gasteiger partial charge in [0.05, 0.1) is 4.99 Å². The Hall–Kier alpha value is -1.71. The highest BCUT2D eigenvalue weighted by atomic mass is 32.1. The van der Waals surface area contributed by atoms with Crippen molar-refractivity contribution >= 4 is 17.2 Å². The second kappa shape index (κ2) is 11.0. The summed E-state index contributed by atoms with van der Waals surface area (Å²) in [5, 5.41) is 3.33. The highest BCUT2D eigenvalue weighted by Gasteiger charge is 1.98. The smallest absolute Gasteiger partial charge is 0.0756 e. The Morgan fingerprint density at radius 2 is 1.33 bits per heavy atom. The number of nitrogens with one attached hydrogen (secondary N) is 1. The first-order valence-corrected chi connectivity index (χ1v) is 7.68. The standard InChI is InChI=1S/C17H19NS.CH5N/c19-17(12-11-15-7-3-1-4-8-15)18-14-13-16-9-5-2-6-10-16;1-2/h1-10H,11-14H2,(H,18,19);2H2,1H3. The van der Waals surface area contributed by atoms with Crippen molar-refractivity contribution in [2.75, 3.05) is 13.6 Å². The Morgan fingerprint density at radius 3 is 1.86 bits per heavy atom. The van der Waals surface area contributed by atoms with Crippen molar-refractivity contribution in [2.24, 2.45) is 5.73 Å². The fourth-order valence-corrected chi connectivity index (χ4v) is 2.19. The van der Waals surface area contributed by atoms with Gasteiger partial charge in [0.2, 0.25) is 0 Å². The largest absolute Gasteiger partial charge is 0.379 e. The van der Waals surface area contributed by atoms with E-state index >= 15 is 0 Å². The number of aryl methyl sites for hydroxylation is 1. The van der Waals surface area contributed by atoms with Crippen LogP contribution >= 0.6 is 12.2 Å². The molecule has 0 spiro atoms. The predicted molar refractivity (Wildman–Crippen MR) is 95.6 cm³/mol. The Bertz CT molecular complexity index is 497. The molecule has 0 heterocycles. The quantitative estimate of drug-likeness (QED) is 0.804. The summed E-state index contributed by atoms with van der Waals surface area (Å²) in [5.74, 6) is 0. The van der Waals surface area contributed by atoms with E-state index in [-0.39, 0.29) is 0 Å². The summed E-state index contributed by atoms with van der Waals surface area (Å²) in [4.78, 5) is 0.958. The van der Waals surface area contributed by atoms with E-state index in [0.717, 1.165) is 30.8 Å². The fraction of sp³-hybridized carbons (Fsp3) is 0.278. The van der Waals surface area contributed by atoms with Crippen LogP contribution in [0, 0.1) is 0 Å². The van der Waals surface area contributed by atoms with Crippen LogP contribution in [0.25, 0.3) is 0 Å². The minimum atomic E-state index is 0.914. The summed E-state index contributed by atoms with van der Waals surface area (Å²) < 4.78 is 0. The first kappa shape index (κ1) is 17.3. The summed E-state index contributed by atoms with van der Waals surface area (Å²) in [7, 11) is 1.50. The van der Waals surface area contributed by atoms with Gasteiger partial charge in [-0.1, -0.05) is 72.9 Å². The molecule has 0 saturated carbocycles. The molecule has 2 aromatic rings. The third-order valence-electron chi connectivity index (χ3n) is 3.06. The fourth-order valence-electron chi connectivity index (χ4n) is 1.98. The molecule has 0 saturated heterocycles. The zero-order valence-electron chi connectivity index (χ0n) is 12.6. The zero-order chi connectivity index (χ0) is 15.3. The molecule has 2 rings (SSSR count). The van der Waals surface area contributed by atoms with E-state index in [0.29, 0.717) is 0 Å². The molecule has 0 radical (unpaired) electrons. The SMILES string of the molecule is CN.S=C(CCc1ccccc1)NCCc1ccccc1. The number of hydrogen-bond acceptors (Lipinski definition) is 2. The summed E-state index contributed by atoms with van der Waals surface area (Å²) >= 11 is 5.36. The number of thiocarbonyl (C=S) groups is 1. The van der Waals surface area contributed by atoms with Crippen molar-refractivity contribution in [3.8, 4) is 0 Å². The topological polar surface area (TPSA) is 38.0 Å². The van der Waals surface area contributed by atoms with Crippen LogP contribution in [0.5, 0.6) is 0 Å². The van der Waals surface area contributed by atoms with E-state index in [1.807, 2.05) is 12.1 Å². The van der Waals surface area contributed by atoms with Gasteiger partial charge in [0.25, 0.3) is 0 Å². The average Bonchev–Trinajstić information content (AvgIpc) is 2.57. The van der Waals surface area contributed by atoms with Gasteiger partial charge in [-0.15, -0.1) is 0 Å². The molecular formula is C18H24N2S. The van der Waals surface area contributed by atoms with Crippen LogP contribution < -0.4 is 11.1 Å². The molecule has 0 amide bonds. The van der Waals surface area contributed by atoms with E-state index in [2.05, 4.69) is 59.6 Å². The second-order valence-electron chi connectivity index (χ2n) is 4.57. The van der Waals surface area contributed by atoms with Crippen LogP contribution in [-0.2, 0) is 12.8 Å². The molecule has 0 aliphatic rings. The molecule has 0 fully saturated rings. The molecular weight excluding hydrogens is 276 g/mol. The molecule has 2 aromatic carbocycles. The minimum absolute atomic E-state index is 0.914. The Morgan fingerprint density at radius 1 is 0.857 bits per heavy atom. The Kier molecular flexibility index (Phi) is 9.09. The predicted octanol–water partition coefficient (Wildman–Crippen LogP) is 3.35. The molecule has 3 N–H and O–H groups in total. The lowest BCUT2D eigenvalue weighted by molar-refractivity contribution is 0.850. The van der Waals surface area contributed by atoms with Crippen LogP contribution in [0.3, 0.4) is 0 Å². The van der Waals surface area contributed by atoms with Crippen LogP contribution in [0.2, 0.25) is 0 Å². The molecule has 0 aromatic heterocycles. The van der Waals surface area contributed by atoms with Crippen molar-refractivity contribution in [3.63, 3.8) is 0 Å². The molecule has 3 heteroatoms. The van der Waals surface area contributed by atoms with E-state index < -0.39 is 0 Å². The normalized spacial score (nSPS) is 9.43. The average molecular weight is 300 g/mol. The summed E-state index contributed by atoms with van der Waals surface area (Å²) in [6.45, 7) is 0.914. The lowest BCUT2D eigenvalue weighted by Crippen LogP contribution is -2.24.